The van der Waals surface area contributed by atoms with Crippen molar-refractivity contribution in [2.75, 3.05) is 6.16 Å². The number of ether oxygens (including phenoxy) is 6. The standard InChI is InChI=1S/C29H48O6P2/c1-20-13-24(5)31-21(2,14-25(6,30-20)34-24)28(20,17-36)18-11-9-10-12-19(18)29(37)22(3)15-26(7)33-23(29,4)16-27(8,32-22)35-26/h18-19H,9-17,36-37H2,1-8H3/t18-,19+,20?,21?,22?,23?,24?,25?,26?,27?,28?,29?/m1/s1. The molecule has 8 saturated heterocycles. The van der Waals surface area contributed by atoms with Gasteiger partial charge < -0.3 is 28.4 Å². The topological polar surface area (TPSA) is 55.4 Å². The molecule has 0 aromatic heterocycles. The summed E-state index contributed by atoms with van der Waals surface area (Å²) < 4.78 is 40.9. The van der Waals surface area contributed by atoms with Gasteiger partial charge in [0.1, 0.15) is 0 Å². The highest BCUT2D eigenvalue weighted by Gasteiger charge is 2.83. The Hall–Kier alpha value is 0.620. The van der Waals surface area contributed by atoms with Crippen LogP contribution >= 0.6 is 18.5 Å². The molecule has 8 heterocycles. The Kier molecular flexibility index (Phi) is 5.00. The van der Waals surface area contributed by atoms with Crippen LogP contribution in [0.25, 0.3) is 0 Å². The summed E-state index contributed by atoms with van der Waals surface area (Å²) in [7, 11) is 6.53. The molecule has 0 aromatic carbocycles. The molecular formula is C29H48O6P2. The second-order valence-electron chi connectivity index (χ2n) is 15.3. The highest BCUT2D eigenvalue weighted by Crippen LogP contribution is 2.76. The van der Waals surface area contributed by atoms with Gasteiger partial charge in [-0.1, -0.05) is 12.8 Å². The minimum absolute atomic E-state index is 0.187. The lowest BCUT2D eigenvalue weighted by Gasteiger charge is -2.79. The predicted molar refractivity (Wildman–Crippen MR) is 147 cm³/mol. The van der Waals surface area contributed by atoms with Gasteiger partial charge in [-0.25, -0.2) is 0 Å². The second kappa shape index (κ2) is 6.97. The van der Waals surface area contributed by atoms with E-state index < -0.39 is 23.1 Å². The van der Waals surface area contributed by atoms with E-state index in [1.807, 2.05) is 0 Å². The Morgan fingerprint density at radius 2 is 0.892 bits per heavy atom. The summed E-state index contributed by atoms with van der Waals surface area (Å²) in [6.45, 7) is 17.9. The van der Waals surface area contributed by atoms with Crippen molar-refractivity contribution < 1.29 is 28.4 Å². The second-order valence-corrected chi connectivity index (χ2v) is 16.6. The van der Waals surface area contributed by atoms with Crippen molar-refractivity contribution in [2.24, 2.45) is 17.3 Å². The van der Waals surface area contributed by atoms with Crippen LogP contribution in [0, 0.1) is 17.3 Å². The highest BCUT2D eigenvalue weighted by atomic mass is 31.0. The van der Waals surface area contributed by atoms with Crippen LogP contribution in [0.15, 0.2) is 0 Å². The molecule has 1 saturated carbocycles. The fraction of sp³-hybridized carbons (Fsp3) is 1.00. The molecule has 12 atom stereocenters. The first-order valence-electron chi connectivity index (χ1n) is 14.6. The number of hydrogen-bond acceptors (Lipinski definition) is 6. The lowest BCUT2D eigenvalue weighted by atomic mass is 9.43. The summed E-state index contributed by atoms with van der Waals surface area (Å²) in [5.74, 6) is -1.72. The maximum atomic E-state index is 7.05. The van der Waals surface area contributed by atoms with Crippen LogP contribution in [0.4, 0.5) is 0 Å². The van der Waals surface area contributed by atoms with Crippen molar-refractivity contribution in [3.8, 4) is 0 Å². The maximum absolute atomic E-state index is 7.05. The molecule has 0 aromatic rings. The SMILES string of the molecule is CC12CC3(C)OC(C)(CC(C)(O1)C3(P)[C@H]1CCCC[C@H]1C1(CP)C3(C)CC4(C)OC(C)(CC1(C)O4)O3)O2. The van der Waals surface area contributed by atoms with E-state index in [9.17, 15) is 0 Å². The van der Waals surface area contributed by atoms with E-state index in [0.717, 1.165) is 38.3 Å². The molecule has 0 amide bonds. The van der Waals surface area contributed by atoms with E-state index >= 15 is 0 Å². The molecule has 0 N–H and O–H groups in total. The van der Waals surface area contributed by atoms with E-state index in [1.165, 1.54) is 19.3 Å². The third-order valence-corrected chi connectivity index (χ3v) is 14.5. The van der Waals surface area contributed by atoms with Crippen LogP contribution < -0.4 is 0 Å². The van der Waals surface area contributed by atoms with Crippen LogP contribution in [0.2, 0.25) is 0 Å². The van der Waals surface area contributed by atoms with Gasteiger partial charge in [-0.2, -0.15) is 0 Å². The molecule has 9 fully saturated rings. The molecule has 8 aliphatic heterocycles. The summed E-state index contributed by atoms with van der Waals surface area (Å²) >= 11 is 0. The molecule has 9 rings (SSSR count). The summed E-state index contributed by atoms with van der Waals surface area (Å²) in [4.78, 5) is 0. The van der Waals surface area contributed by atoms with Crippen LogP contribution in [-0.2, 0) is 28.4 Å². The molecular weight excluding hydrogens is 506 g/mol. The summed E-state index contributed by atoms with van der Waals surface area (Å²) in [6.07, 6.45) is 8.68. The van der Waals surface area contributed by atoms with Crippen LogP contribution in [-0.4, -0.2) is 56.9 Å². The fourth-order valence-corrected chi connectivity index (χ4v) is 14.2. The van der Waals surface area contributed by atoms with Crippen LogP contribution in [0.5, 0.6) is 0 Å². The Morgan fingerprint density at radius 1 is 0.541 bits per heavy atom. The van der Waals surface area contributed by atoms with E-state index in [1.54, 1.807) is 0 Å². The van der Waals surface area contributed by atoms with Gasteiger partial charge in [0.2, 0.25) is 0 Å². The lowest BCUT2D eigenvalue weighted by Crippen LogP contribution is -2.87. The Balaban J connectivity index is 1.39. The predicted octanol–water partition coefficient (Wildman–Crippen LogP) is 5.91. The zero-order valence-corrected chi connectivity index (χ0v) is 26.4. The van der Waals surface area contributed by atoms with Gasteiger partial charge in [-0.3, -0.25) is 0 Å². The van der Waals surface area contributed by atoms with Crippen molar-refractivity contribution in [1.29, 1.82) is 0 Å². The van der Waals surface area contributed by atoms with Crippen molar-refractivity contribution in [2.45, 2.75) is 157 Å². The summed E-state index contributed by atoms with van der Waals surface area (Å²) in [5, 5.41) is -0.271. The summed E-state index contributed by atoms with van der Waals surface area (Å²) in [5.41, 5.74) is -1.68. The van der Waals surface area contributed by atoms with Crippen molar-refractivity contribution in [1.82, 2.24) is 0 Å². The molecule has 210 valence electrons. The average molecular weight is 555 g/mol. The van der Waals surface area contributed by atoms with Crippen LogP contribution in [0.3, 0.4) is 0 Å². The molecule has 9 aliphatic rings. The number of hydrogen-bond donors (Lipinski definition) is 0. The first-order valence-corrected chi connectivity index (χ1v) is 15.9. The average Bonchev–Trinajstić information content (AvgIpc) is 2.66. The van der Waals surface area contributed by atoms with Crippen molar-refractivity contribution >= 4 is 18.5 Å². The quantitative estimate of drug-likeness (QED) is 0.405. The summed E-state index contributed by atoms with van der Waals surface area (Å²) in [6, 6.07) is 0. The van der Waals surface area contributed by atoms with Gasteiger partial charge in [-0.05, 0) is 86.2 Å². The first kappa shape index (κ1) is 26.5. The normalized spacial score (nSPS) is 67.9. The smallest absolute Gasteiger partial charge is 0.172 e. The largest absolute Gasteiger partial charge is 0.343 e. The highest BCUT2D eigenvalue weighted by molar-refractivity contribution is 7.19. The molecule has 0 radical (unpaired) electrons. The van der Waals surface area contributed by atoms with Gasteiger partial charge in [-0.15, -0.1) is 18.5 Å². The van der Waals surface area contributed by atoms with Crippen molar-refractivity contribution in [3.63, 3.8) is 0 Å². The minimum Gasteiger partial charge on any atom is -0.343 e. The number of rotatable bonds is 3. The molecule has 8 bridgehead atoms. The van der Waals surface area contributed by atoms with E-state index in [0.29, 0.717) is 11.8 Å². The van der Waals surface area contributed by atoms with Gasteiger partial charge >= 0.3 is 0 Å². The third kappa shape index (κ3) is 2.92. The van der Waals surface area contributed by atoms with Crippen molar-refractivity contribution in [3.05, 3.63) is 0 Å². The van der Waals surface area contributed by atoms with Gasteiger partial charge in [0.25, 0.3) is 0 Å². The Labute approximate surface area is 227 Å². The van der Waals surface area contributed by atoms with Gasteiger partial charge in [0, 0.05) is 36.3 Å². The monoisotopic (exact) mass is 554 g/mol. The fourth-order valence-electron chi connectivity index (χ4n) is 12.3. The van der Waals surface area contributed by atoms with E-state index in [2.05, 4.69) is 73.9 Å². The molecule has 6 nitrogen and oxygen atoms in total. The van der Waals surface area contributed by atoms with E-state index in [4.69, 9.17) is 28.4 Å². The zero-order chi connectivity index (χ0) is 26.8. The lowest BCUT2D eigenvalue weighted by molar-refractivity contribution is -0.552. The molecule has 1 aliphatic carbocycles. The van der Waals surface area contributed by atoms with E-state index in [-0.39, 0.29) is 33.0 Å². The molecule has 37 heavy (non-hydrogen) atoms. The Morgan fingerprint density at radius 3 is 1.30 bits per heavy atom. The molecule has 10 unspecified atom stereocenters. The Bertz CT molecular complexity index is 957. The third-order valence-electron chi connectivity index (χ3n) is 12.2. The minimum atomic E-state index is -0.620. The zero-order valence-electron chi connectivity index (χ0n) is 24.1. The van der Waals surface area contributed by atoms with Crippen LogP contribution in [0.1, 0.15) is 107 Å². The first-order chi connectivity index (χ1) is 16.9. The van der Waals surface area contributed by atoms with Gasteiger partial charge in [0.15, 0.2) is 23.1 Å². The molecule has 0 spiro atoms. The van der Waals surface area contributed by atoms with Gasteiger partial charge in [0.05, 0.1) is 22.4 Å². The molecule has 8 heteroatoms. The maximum Gasteiger partial charge on any atom is 0.172 e.